The first-order valence-electron chi connectivity index (χ1n) is 2.95. The molecule has 0 aliphatic carbocycles. The van der Waals surface area contributed by atoms with Gasteiger partial charge < -0.3 is 9.47 Å². The van der Waals surface area contributed by atoms with E-state index in [2.05, 4.69) is 21.8 Å². The molecule has 0 radical (unpaired) electrons. The maximum absolute atomic E-state index is 10.4. The van der Waals surface area contributed by atoms with Crippen molar-refractivity contribution >= 4 is 6.16 Å². The lowest BCUT2D eigenvalue weighted by Gasteiger charge is -1.99. The second-order valence-corrected chi connectivity index (χ2v) is 1.40. The number of carbonyl (C=O) groups excluding carboxylic acids is 1. The molecule has 0 fully saturated rings. The minimum atomic E-state index is -0.658. The second kappa shape index (κ2) is 5.92. The average molecular weight is 142 g/mol. The molecule has 0 aromatic heterocycles. The van der Waals surface area contributed by atoms with Crippen molar-refractivity contribution in [3.63, 3.8) is 0 Å². The van der Waals surface area contributed by atoms with Gasteiger partial charge in [0.1, 0.15) is 6.61 Å². The predicted molar refractivity (Wildman–Crippen MR) is 36.7 cm³/mol. The highest BCUT2D eigenvalue weighted by molar-refractivity contribution is 5.59. The van der Waals surface area contributed by atoms with Gasteiger partial charge in [-0.25, -0.2) is 4.79 Å². The van der Waals surface area contributed by atoms with Gasteiger partial charge in [-0.15, -0.1) is 5.73 Å². The third kappa shape index (κ3) is 4.94. The van der Waals surface area contributed by atoms with Crippen molar-refractivity contribution in [1.29, 1.82) is 0 Å². The highest BCUT2D eigenvalue weighted by Crippen LogP contribution is 1.83. The molecule has 0 N–H and O–H groups in total. The van der Waals surface area contributed by atoms with Crippen LogP contribution in [0.3, 0.4) is 0 Å². The summed E-state index contributed by atoms with van der Waals surface area (Å²) in [6, 6.07) is 0. The molecule has 0 aliphatic heterocycles. The predicted octanol–water partition coefficient (Wildman–Crippen LogP) is 1.50. The van der Waals surface area contributed by atoms with E-state index in [1.807, 2.05) is 0 Å². The first-order valence-corrected chi connectivity index (χ1v) is 2.95. The van der Waals surface area contributed by atoms with E-state index >= 15 is 0 Å². The molecule has 3 heteroatoms. The number of ether oxygens (including phenoxy) is 2. The van der Waals surface area contributed by atoms with E-state index in [0.29, 0.717) is 6.61 Å². The fraction of sp³-hybridized carbons (Fsp3) is 0.429. The molecular formula is C7H10O3. The summed E-state index contributed by atoms with van der Waals surface area (Å²) in [5.74, 6) is 0. The molecular weight excluding hydrogens is 132 g/mol. The summed E-state index contributed by atoms with van der Waals surface area (Å²) >= 11 is 0. The van der Waals surface area contributed by atoms with Crippen LogP contribution in [-0.4, -0.2) is 19.4 Å². The van der Waals surface area contributed by atoms with Crippen LogP contribution in [0.5, 0.6) is 0 Å². The lowest BCUT2D eigenvalue weighted by atomic mass is 10.6. The topological polar surface area (TPSA) is 35.5 Å². The van der Waals surface area contributed by atoms with E-state index in [9.17, 15) is 4.79 Å². The van der Waals surface area contributed by atoms with Gasteiger partial charge in [0.25, 0.3) is 0 Å². The van der Waals surface area contributed by atoms with Crippen LogP contribution in [0.25, 0.3) is 0 Å². The van der Waals surface area contributed by atoms with Gasteiger partial charge in [-0.1, -0.05) is 6.58 Å². The van der Waals surface area contributed by atoms with E-state index in [0.717, 1.165) is 0 Å². The Morgan fingerprint density at radius 2 is 2.40 bits per heavy atom. The Morgan fingerprint density at radius 1 is 1.70 bits per heavy atom. The van der Waals surface area contributed by atoms with Crippen LogP contribution in [0.1, 0.15) is 6.92 Å². The summed E-state index contributed by atoms with van der Waals surface area (Å²) in [5, 5.41) is 0. The number of hydrogen-bond acceptors (Lipinski definition) is 3. The van der Waals surface area contributed by atoms with Crippen molar-refractivity contribution in [3.8, 4) is 0 Å². The fourth-order valence-electron chi connectivity index (χ4n) is 0.328. The fourth-order valence-corrected chi connectivity index (χ4v) is 0.328. The Hall–Kier alpha value is -1.21. The molecule has 0 aromatic carbocycles. The van der Waals surface area contributed by atoms with Gasteiger partial charge in [-0.05, 0) is 13.0 Å². The number of hydrogen-bond donors (Lipinski definition) is 0. The van der Waals surface area contributed by atoms with E-state index < -0.39 is 6.16 Å². The zero-order chi connectivity index (χ0) is 7.82. The summed E-state index contributed by atoms with van der Waals surface area (Å²) in [4.78, 5) is 10.4. The molecule has 0 rings (SSSR count). The van der Waals surface area contributed by atoms with Crippen molar-refractivity contribution < 1.29 is 14.3 Å². The second-order valence-electron chi connectivity index (χ2n) is 1.40. The molecule has 0 saturated heterocycles. The molecule has 0 bridgehead atoms. The molecule has 0 atom stereocenters. The van der Waals surface area contributed by atoms with Crippen molar-refractivity contribution in [3.05, 3.63) is 18.4 Å². The molecule has 0 amide bonds. The smallest absolute Gasteiger partial charge is 0.435 e. The Morgan fingerprint density at radius 3 is 2.90 bits per heavy atom. The maximum atomic E-state index is 10.4. The molecule has 3 nitrogen and oxygen atoms in total. The highest BCUT2D eigenvalue weighted by Gasteiger charge is 1.97. The van der Waals surface area contributed by atoms with Gasteiger partial charge >= 0.3 is 6.16 Å². The van der Waals surface area contributed by atoms with Gasteiger partial charge in [0, 0.05) is 0 Å². The van der Waals surface area contributed by atoms with Gasteiger partial charge in [-0.3, -0.25) is 0 Å². The molecule has 0 spiro atoms. The zero-order valence-corrected chi connectivity index (χ0v) is 5.92. The largest absolute Gasteiger partial charge is 0.508 e. The van der Waals surface area contributed by atoms with Gasteiger partial charge in [0.05, 0.1) is 6.61 Å². The third-order valence-corrected chi connectivity index (χ3v) is 0.691. The Balaban J connectivity index is 3.30. The molecule has 56 valence electrons. The molecule has 0 heterocycles. The van der Waals surface area contributed by atoms with Crippen LogP contribution >= 0.6 is 0 Å². The molecule has 0 aliphatic rings. The van der Waals surface area contributed by atoms with Crippen molar-refractivity contribution in [1.82, 2.24) is 0 Å². The summed E-state index contributed by atoms with van der Waals surface area (Å²) in [7, 11) is 0. The van der Waals surface area contributed by atoms with Gasteiger partial charge in [-0.2, -0.15) is 0 Å². The van der Waals surface area contributed by atoms with Gasteiger partial charge in [0.2, 0.25) is 0 Å². The summed E-state index contributed by atoms with van der Waals surface area (Å²) in [5.41, 5.74) is 2.46. The van der Waals surface area contributed by atoms with Crippen molar-refractivity contribution in [2.45, 2.75) is 6.92 Å². The van der Waals surface area contributed by atoms with E-state index in [4.69, 9.17) is 0 Å². The quantitative estimate of drug-likeness (QED) is 0.442. The molecule has 0 unspecified atom stereocenters. The van der Waals surface area contributed by atoms with Crippen LogP contribution < -0.4 is 0 Å². The monoisotopic (exact) mass is 142 g/mol. The summed E-state index contributed by atoms with van der Waals surface area (Å²) in [6.07, 6.45) is 0.839. The standard InChI is InChI=1S/C7H10O3/c1-3-5-6-10-7(8)9-4-2/h5H,1,4,6H2,2H3. The van der Waals surface area contributed by atoms with Crippen LogP contribution in [0, 0.1) is 0 Å². The minimum Gasteiger partial charge on any atom is -0.435 e. The SMILES string of the molecule is C=C=CCOC(=O)OCC. The number of rotatable bonds is 3. The van der Waals surface area contributed by atoms with E-state index in [1.165, 1.54) is 6.08 Å². The first-order chi connectivity index (χ1) is 4.81. The lowest BCUT2D eigenvalue weighted by Crippen LogP contribution is -2.06. The Labute approximate surface area is 59.9 Å². The Kier molecular flexibility index (Phi) is 5.20. The average Bonchev–Trinajstić information content (AvgIpc) is 1.89. The van der Waals surface area contributed by atoms with Crippen LogP contribution in [-0.2, 0) is 9.47 Å². The Bertz CT molecular complexity index is 145. The van der Waals surface area contributed by atoms with Gasteiger partial charge in [0.15, 0.2) is 0 Å². The summed E-state index contributed by atoms with van der Waals surface area (Å²) < 4.78 is 8.96. The van der Waals surface area contributed by atoms with Crippen molar-refractivity contribution in [2.24, 2.45) is 0 Å². The molecule has 0 saturated carbocycles. The lowest BCUT2D eigenvalue weighted by molar-refractivity contribution is 0.0673. The van der Waals surface area contributed by atoms with Crippen LogP contribution in [0.4, 0.5) is 4.79 Å². The summed E-state index contributed by atoms with van der Waals surface area (Å²) in [6.45, 7) is 5.50. The molecule has 10 heavy (non-hydrogen) atoms. The van der Waals surface area contributed by atoms with E-state index in [-0.39, 0.29) is 6.61 Å². The highest BCUT2D eigenvalue weighted by atomic mass is 16.7. The van der Waals surface area contributed by atoms with Crippen LogP contribution in [0.15, 0.2) is 18.4 Å². The molecule has 0 aromatic rings. The normalized spacial score (nSPS) is 7.70. The zero-order valence-electron chi connectivity index (χ0n) is 5.92. The minimum absolute atomic E-state index is 0.169. The van der Waals surface area contributed by atoms with Crippen LogP contribution in [0.2, 0.25) is 0 Å². The van der Waals surface area contributed by atoms with Crippen molar-refractivity contribution in [2.75, 3.05) is 13.2 Å². The van der Waals surface area contributed by atoms with E-state index in [1.54, 1.807) is 6.92 Å². The number of carbonyl (C=O) groups is 1. The maximum Gasteiger partial charge on any atom is 0.508 e. The third-order valence-electron chi connectivity index (χ3n) is 0.691. The first kappa shape index (κ1) is 8.79.